The van der Waals surface area contributed by atoms with Crippen LogP contribution >= 0.6 is 12.4 Å². The number of para-hydroxylation sites is 1. The van der Waals surface area contributed by atoms with Crippen molar-refractivity contribution in [3.63, 3.8) is 0 Å². The predicted molar refractivity (Wildman–Crippen MR) is 102 cm³/mol. The lowest BCUT2D eigenvalue weighted by atomic mass is 10.0. The van der Waals surface area contributed by atoms with Crippen molar-refractivity contribution in [2.45, 2.75) is 6.04 Å². The van der Waals surface area contributed by atoms with Crippen LogP contribution in [0.1, 0.15) is 11.6 Å². The van der Waals surface area contributed by atoms with Crippen molar-refractivity contribution in [2.24, 2.45) is 0 Å². The number of hydrogen-bond donors (Lipinski definition) is 2. The van der Waals surface area contributed by atoms with Crippen LogP contribution in [0.25, 0.3) is 0 Å². The minimum atomic E-state index is -0.369. The van der Waals surface area contributed by atoms with Crippen molar-refractivity contribution in [3.8, 4) is 5.75 Å². The van der Waals surface area contributed by atoms with Crippen molar-refractivity contribution in [2.75, 3.05) is 38.6 Å². The molecule has 1 aliphatic heterocycles. The molecule has 0 aliphatic carbocycles. The van der Waals surface area contributed by atoms with E-state index in [9.17, 15) is 9.18 Å². The summed E-state index contributed by atoms with van der Waals surface area (Å²) in [5.41, 5.74) is 1.52. The van der Waals surface area contributed by atoms with Crippen LogP contribution in [-0.2, 0) is 4.79 Å². The molecule has 26 heavy (non-hydrogen) atoms. The van der Waals surface area contributed by atoms with Crippen LogP contribution in [0.5, 0.6) is 5.75 Å². The third-order valence-electron chi connectivity index (χ3n) is 4.31. The predicted octanol–water partition coefficient (Wildman–Crippen LogP) is 2.84. The molecule has 1 atom stereocenters. The van der Waals surface area contributed by atoms with Crippen molar-refractivity contribution >= 4 is 24.0 Å². The van der Waals surface area contributed by atoms with Gasteiger partial charge in [0.25, 0.3) is 0 Å². The van der Waals surface area contributed by atoms with Crippen LogP contribution in [0.3, 0.4) is 0 Å². The number of hydrogen-bond acceptors (Lipinski definition) is 4. The zero-order chi connectivity index (χ0) is 17.6. The Morgan fingerprint density at radius 1 is 1.31 bits per heavy atom. The van der Waals surface area contributed by atoms with Gasteiger partial charge in [0, 0.05) is 30.9 Å². The van der Waals surface area contributed by atoms with Crippen molar-refractivity contribution in [1.82, 2.24) is 10.2 Å². The molecule has 7 heteroatoms. The maximum absolute atomic E-state index is 13.3. The summed E-state index contributed by atoms with van der Waals surface area (Å²) in [5.74, 6) is 0.283. The molecule has 2 aromatic carbocycles. The number of benzene rings is 2. The maximum atomic E-state index is 13.3. The zero-order valence-corrected chi connectivity index (χ0v) is 15.4. The molecule has 140 valence electrons. The molecule has 0 radical (unpaired) electrons. The van der Waals surface area contributed by atoms with Gasteiger partial charge in [-0.1, -0.05) is 24.3 Å². The van der Waals surface area contributed by atoms with Gasteiger partial charge in [0.2, 0.25) is 5.91 Å². The van der Waals surface area contributed by atoms with Gasteiger partial charge in [-0.05, 0) is 24.3 Å². The lowest BCUT2D eigenvalue weighted by Gasteiger charge is -2.36. The van der Waals surface area contributed by atoms with E-state index < -0.39 is 0 Å². The van der Waals surface area contributed by atoms with Crippen molar-refractivity contribution in [3.05, 3.63) is 59.9 Å². The molecule has 0 spiro atoms. The normalized spacial score (nSPS) is 17.2. The smallest absolute Gasteiger partial charge is 0.238 e. The number of carbonyl (C=O) groups excluding carboxylic acids is 1. The number of rotatable bonds is 5. The largest absolute Gasteiger partial charge is 0.496 e. The van der Waals surface area contributed by atoms with Gasteiger partial charge >= 0.3 is 0 Å². The monoisotopic (exact) mass is 379 g/mol. The fourth-order valence-electron chi connectivity index (χ4n) is 3.14. The minimum Gasteiger partial charge on any atom is -0.496 e. The molecule has 1 saturated heterocycles. The third-order valence-corrected chi connectivity index (χ3v) is 4.31. The summed E-state index contributed by atoms with van der Waals surface area (Å²) < 4.78 is 18.7. The van der Waals surface area contributed by atoms with Crippen molar-refractivity contribution < 1.29 is 13.9 Å². The summed E-state index contributed by atoms with van der Waals surface area (Å²) in [5, 5.41) is 6.12. The second-order valence-corrected chi connectivity index (χ2v) is 5.99. The molecule has 2 aromatic rings. The highest BCUT2D eigenvalue weighted by molar-refractivity contribution is 5.92. The van der Waals surface area contributed by atoms with Gasteiger partial charge in [-0.3, -0.25) is 9.69 Å². The highest BCUT2D eigenvalue weighted by Crippen LogP contribution is 2.29. The van der Waals surface area contributed by atoms with E-state index in [1.807, 2.05) is 24.3 Å². The molecule has 2 N–H and O–H groups in total. The average Bonchev–Trinajstić information content (AvgIpc) is 2.62. The van der Waals surface area contributed by atoms with Gasteiger partial charge < -0.3 is 15.4 Å². The Bertz CT molecular complexity index is 744. The van der Waals surface area contributed by atoms with Gasteiger partial charge in [0.05, 0.1) is 19.7 Å². The minimum absolute atomic E-state index is 0. The molecular weight excluding hydrogens is 357 g/mol. The van der Waals surface area contributed by atoms with Crippen LogP contribution in [-0.4, -0.2) is 44.1 Å². The molecule has 1 amide bonds. The van der Waals surface area contributed by atoms with Crippen LogP contribution in [0.4, 0.5) is 10.1 Å². The highest BCUT2D eigenvalue weighted by Gasteiger charge is 2.27. The van der Waals surface area contributed by atoms with Crippen LogP contribution in [0.15, 0.2) is 48.5 Å². The Morgan fingerprint density at radius 2 is 2.12 bits per heavy atom. The molecule has 0 aromatic heterocycles. The Kier molecular flexibility index (Phi) is 7.38. The van der Waals surface area contributed by atoms with E-state index >= 15 is 0 Å². The number of nitrogens with one attached hydrogen (secondary N) is 2. The van der Waals surface area contributed by atoms with Gasteiger partial charge in [0.1, 0.15) is 11.6 Å². The summed E-state index contributed by atoms with van der Waals surface area (Å²) in [6.45, 7) is 2.55. The van der Waals surface area contributed by atoms with E-state index in [4.69, 9.17) is 4.74 Å². The number of amides is 1. The van der Waals surface area contributed by atoms with Gasteiger partial charge in [0.15, 0.2) is 0 Å². The van der Waals surface area contributed by atoms with Gasteiger partial charge in [-0.2, -0.15) is 0 Å². The topological polar surface area (TPSA) is 53.6 Å². The van der Waals surface area contributed by atoms with E-state index in [1.165, 1.54) is 12.1 Å². The molecule has 5 nitrogen and oxygen atoms in total. The Balaban J connectivity index is 0.00000243. The summed E-state index contributed by atoms with van der Waals surface area (Å²) in [6, 6.07) is 13.8. The number of piperazine rings is 1. The number of methoxy groups -OCH3 is 1. The van der Waals surface area contributed by atoms with E-state index in [1.54, 1.807) is 19.2 Å². The number of carbonyl (C=O) groups is 1. The first-order valence-corrected chi connectivity index (χ1v) is 8.30. The molecule has 1 aliphatic rings. The van der Waals surface area contributed by atoms with E-state index in [0.717, 1.165) is 30.9 Å². The molecule has 0 saturated carbocycles. The Morgan fingerprint density at radius 3 is 2.88 bits per heavy atom. The summed E-state index contributed by atoms with van der Waals surface area (Å²) >= 11 is 0. The standard InChI is InChI=1S/C19H22FN3O2.ClH/c1-25-18-8-3-2-7-16(18)17-12-21-9-10-23(17)13-19(24)22-15-6-4-5-14(20)11-15;/h2-8,11,17,21H,9-10,12-13H2,1H3,(H,22,24);1H. The zero-order valence-electron chi connectivity index (χ0n) is 14.6. The summed E-state index contributed by atoms with van der Waals surface area (Å²) in [6.07, 6.45) is 0. The number of ether oxygens (including phenoxy) is 1. The lowest BCUT2D eigenvalue weighted by molar-refractivity contribution is -0.118. The van der Waals surface area contributed by atoms with E-state index in [2.05, 4.69) is 15.5 Å². The summed E-state index contributed by atoms with van der Waals surface area (Å²) in [4.78, 5) is 14.5. The van der Waals surface area contributed by atoms with E-state index in [-0.39, 0.29) is 36.7 Å². The summed E-state index contributed by atoms with van der Waals surface area (Å²) in [7, 11) is 1.65. The number of halogens is 2. The number of anilines is 1. The molecule has 0 bridgehead atoms. The fourth-order valence-corrected chi connectivity index (χ4v) is 3.14. The highest BCUT2D eigenvalue weighted by atomic mass is 35.5. The maximum Gasteiger partial charge on any atom is 0.238 e. The Labute approximate surface area is 158 Å². The molecule has 3 rings (SSSR count). The second-order valence-electron chi connectivity index (χ2n) is 5.99. The lowest BCUT2D eigenvalue weighted by Crippen LogP contribution is -2.48. The van der Waals surface area contributed by atoms with Crippen LogP contribution < -0.4 is 15.4 Å². The van der Waals surface area contributed by atoms with Crippen molar-refractivity contribution in [1.29, 1.82) is 0 Å². The molecular formula is C19H23ClFN3O2. The van der Waals surface area contributed by atoms with Crippen LogP contribution in [0, 0.1) is 5.82 Å². The SMILES string of the molecule is COc1ccccc1C1CNCCN1CC(=O)Nc1cccc(F)c1.Cl. The second kappa shape index (κ2) is 9.52. The van der Waals surface area contributed by atoms with E-state index in [0.29, 0.717) is 5.69 Å². The van der Waals surface area contributed by atoms with Crippen LogP contribution in [0.2, 0.25) is 0 Å². The molecule has 1 fully saturated rings. The van der Waals surface area contributed by atoms with Gasteiger partial charge in [-0.15, -0.1) is 12.4 Å². The Hall–Kier alpha value is -2.15. The first-order chi connectivity index (χ1) is 12.2. The fraction of sp³-hybridized carbons (Fsp3) is 0.316. The molecule has 1 heterocycles. The molecule has 1 unspecified atom stereocenters. The average molecular weight is 380 g/mol. The third kappa shape index (κ3) is 4.94. The van der Waals surface area contributed by atoms with Gasteiger partial charge in [-0.25, -0.2) is 4.39 Å². The first-order valence-electron chi connectivity index (χ1n) is 8.30. The quantitative estimate of drug-likeness (QED) is 0.838. The first kappa shape index (κ1) is 20.2. The number of nitrogens with zero attached hydrogens (tertiary/aromatic N) is 1.